The molecule has 0 fully saturated rings. The molecule has 2 amide bonds. The van der Waals surface area contributed by atoms with Crippen LogP contribution in [-0.2, 0) is 20.7 Å². The fourth-order valence-electron chi connectivity index (χ4n) is 2.00. The number of amides is 2. The summed E-state index contributed by atoms with van der Waals surface area (Å²) in [5.41, 5.74) is 1.78. The van der Waals surface area contributed by atoms with Crippen molar-refractivity contribution in [3.05, 3.63) is 65.2 Å². The highest BCUT2D eigenvalue weighted by molar-refractivity contribution is 6.30. The summed E-state index contributed by atoms with van der Waals surface area (Å²) in [6.45, 7) is 0.183. The first-order valence-electron chi connectivity index (χ1n) is 7.57. The van der Waals surface area contributed by atoms with Crippen LogP contribution in [0.2, 0.25) is 5.02 Å². The average Bonchev–Trinajstić information content (AvgIpc) is 2.57. The molecule has 0 bridgehead atoms. The van der Waals surface area contributed by atoms with Crippen LogP contribution in [0.5, 0.6) is 0 Å². The molecule has 0 atom stereocenters. The van der Waals surface area contributed by atoms with Gasteiger partial charge in [0, 0.05) is 17.3 Å². The second-order valence-electron chi connectivity index (χ2n) is 5.13. The van der Waals surface area contributed by atoms with Crippen molar-refractivity contribution in [2.45, 2.75) is 6.42 Å². The van der Waals surface area contributed by atoms with Gasteiger partial charge < -0.3 is 15.4 Å². The zero-order valence-electron chi connectivity index (χ0n) is 13.1. The van der Waals surface area contributed by atoms with Gasteiger partial charge in [-0.15, -0.1) is 0 Å². The van der Waals surface area contributed by atoms with Gasteiger partial charge in [-0.2, -0.15) is 0 Å². The quantitative estimate of drug-likeness (QED) is 0.772. The summed E-state index contributed by atoms with van der Waals surface area (Å²) in [7, 11) is 0. The average molecular weight is 347 g/mol. The number of carbonyl (C=O) groups is 2. The molecule has 0 radical (unpaired) electrons. The molecule has 6 heteroatoms. The Morgan fingerprint density at radius 3 is 2.29 bits per heavy atom. The van der Waals surface area contributed by atoms with Gasteiger partial charge in [0.2, 0.25) is 11.8 Å². The monoisotopic (exact) mass is 346 g/mol. The van der Waals surface area contributed by atoms with Gasteiger partial charge in [0.15, 0.2) is 0 Å². The normalized spacial score (nSPS) is 10.2. The summed E-state index contributed by atoms with van der Waals surface area (Å²) in [4.78, 5) is 23.3. The van der Waals surface area contributed by atoms with Crippen LogP contribution >= 0.6 is 11.6 Å². The predicted molar refractivity (Wildman–Crippen MR) is 94.1 cm³/mol. The summed E-state index contributed by atoms with van der Waals surface area (Å²) < 4.78 is 5.11. The second kappa shape index (κ2) is 9.70. The minimum Gasteiger partial charge on any atom is -0.362 e. The molecule has 0 saturated heterocycles. The van der Waals surface area contributed by atoms with E-state index in [1.165, 1.54) is 0 Å². The molecule has 5 nitrogen and oxygen atoms in total. The second-order valence-corrected chi connectivity index (χ2v) is 5.57. The zero-order chi connectivity index (χ0) is 17.2. The topological polar surface area (TPSA) is 67.4 Å². The van der Waals surface area contributed by atoms with Crippen molar-refractivity contribution in [1.82, 2.24) is 5.32 Å². The summed E-state index contributed by atoms with van der Waals surface area (Å²) in [5, 5.41) is 6.10. The number of carbonyl (C=O) groups excluding carboxylic acids is 2. The van der Waals surface area contributed by atoms with E-state index >= 15 is 0 Å². The summed E-state index contributed by atoms with van der Waals surface area (Å²) in [6.07, 6.45) is 0.706. The Kier molecular flexibility index (Phi) is 7.26. The highest BCUT2D eigenvalue weighted by atomic mass is 35.5. The third-order valence-corrected chi connectivity index (χ3v) is 3.42. The molecular formula is C18H19ClN2O3. The van der Waals surface area contributed by atoms with Gasteiger partial charge in [-0.05, 0) is 36.2 Å². The minimum atomic E-state index is -0.296. The van der Waals surface area contributed by atoms with E-state index < -0.39 is 0 Å². The summed E-state index contributed by atoms with van der Waals surface area (Å²) >= 11 is 5.81. The number of hydrogen-bond acceptors (Lipinski definition) is 3. The van der Waals surface area contributed by atoms with E-state index in [0.29, 0.717) is 23.7 Å². The van der Waals surface area contributed by atoms with Crippen molar-refractivity contribution in [2.75, 3.05) is 25.1 Å². The molecule has 126 valence electrons. The Morgan fingerprint density at radius 1 is 0.917 bits per heavy atom. The lowest BCUT2D eigenvalue weighted by Crippen LogP contribution is -2.31. The largest absolute Gasteiger partial charge is 0.362 e. The van der Waals surface area contributed by atoms with E-state index in [1.807, 2.05) is 42.5 Å². The highest BCUT2D eigenvalue weighted by Crippen LogP contribution is 2.09. The third kappa shape index (κ3) is 6.81. The van der Waals surface area contributed by atoms with E-state index in [9.17, 15) is 9.59 Å². The van der Waals surface area contributed by atoms with Crippen molar-refractivity contribution < 1.29 is 14.3 Å². The van der Waals surface area contributed by atoms with Crippen LogP contribution in [-0.4, -0.2) is 31.6 Å². The van der Waals surface area contributed by atoms with Crippen LogP contribution < -0.4 is 10.6 Å². The van der Waals surface area contributed by atoms with E-state index in [0.717, 1.165) is 5.56 Å². The molecule has 0 aliphatic heterocycles. The van der Waals surface area contributed by atoms with Crippen LogP contribution in [0.25, 0.3) is 0 Å². The van der Waals surface area contributed by atoms with Crippen LogP contribution in [0.3, 0.4) is 0 Å². The summed E-state index contributed by atoms with van der Waals surface area (Å²) in [5.74, 6) is -0.549. The maximum absolute atomic E-state index is 11.6. The molecule has 0 saturated carbocycles. The smallest absolute Gasteiger partial charge is 0.250 e. The molecular weight excluding hydrogens is 328 g/mol. The van der Waals surface area contributed by atoms with E-state index in [2.05, 4.69) is 10.6 Å². The van der Waals surface area contributed by atoms with Gasteiger partial charge in [-0.25, -0.2) is 0 Å². The maximum atomic E-state index is 11.6. The van der Waals surface area contributed by atoms with Crippen LogP contribution in [0, 0.1) is 0 Å². The van der Waals surface area contributed by atoms with Crippen LogP contribution in [0.15, 0.2) is 54.6 Å². The molecule has 0 aliphatic carbocycles. The van der Waals surface area contributed by atoms with E-state index in [1.54, 1.807) is 12.1 Å². The van der Waals surface area contributed by atoms with E-state index in [4.69, 9.17) is 16.3 Å². The van der Waals surface area contributed by atoms with Crippen LogP contribution in [0.4, 0.5) is 5.69 Å². The molecule has 24 heavy (non-hydrogen) atoms. The Hall–Kier alpha value is -2.37. The van der Waals surface area contributed by atoms with Gasteiger partial charge in [0.1, 0.15) is 13.2 Å². The van der Waals surface area contributed by atoms with Crippen molar-refractivity contribution in [1.29, 1.82) is 0 Å². The Labute approximate surface area is 146 Å². The Balaban J connectivity index is 1.57. The van der Waals surface area contributed by atoms with Gasteiger partial charge in [0.25, 0.3) is 0 Å². The molecule has 2 rings (SSSR count). The lowest BCUT2D eigenvalue weighted by molar-refractivity contribution is -0.128. The first-order valence-corrected chi connectivity index (χ1v) is 7.95. The lowest BCUT2D eigenvalue weighted by atomic mass is 10.1. The molecule has 0 heterocycles. The maximum Gasteiger partial charge on any atom is 0.250 e. The molecule has 0 unspecified atom stereocenters. The Bertz CT molecular complexity index is 660. The number of halogens is 1. The van der Waals surface area contributed by atoms with Crippen molar-refractivity contribution in [3.63, 3.8) is 0 Å². The van der Waals surface area contributed by atoms with Gasteiger partial charge >= 0.3 is 0 Å². The van der Waals surface area contributed by atoms with Crippen LogP contribution in [0.1, 0.15) is 5.56 Å². The molecule has 2 aromatic carbocycles. The number of benzene rings is 2. The fraction of sp³-hybridized carbons (Fsp3) is 0.222. The van der Waals surface area contributed by atoms with Gasteiger partial charge in [-0.1, -0.05) is 41.9 Å². The zero-order valence-corrected chi connectivity index (χ0v) is 13.9. The first kappa shape index (κ1) is 18.0. The van der Waals surface area contributed by atoms with Crippen molar-refractivity contribution >= 4 is 29.1 Å². The number of hydrogen-bond donors (Lipinski definition) is 2. The molecule has 0 aromatic heterocycles. The number of rotatable bonds is 8. The van der Waals surface area contributed by atoms with E-state index in [-0.39, 0.29) is 25.0 Å². The number of anilines is 1. The number of nitrogens with one attached hydrogen (secondary N) is 2. The Morgan fingerprint density at radius 2 is 1.58 bits per heavy atom. The van der Waals surface area contributed by atoms with Gasteiger partial charge in [-0.3, -0.25) is 9.59 Å². The molecule has 2 N–H and O–H groups in total. The molecule has 2 aromatic rings. The molecule has 0 aliphatic rings. The number of ether oxygens (including phenoxy) is 1. The summed E-state index contributed by atoms with van der Waals surface area (Å²) in [6, 6.07) is 16.5. The number of para-hydroxylation sites is 1. The van der Waals surface area contributed by atoms with Gasteiger partial charge in [0.05, 0.1) is 0 Å². The minimum absolute atomic E-state index is 0.150. The highest BCUT2D eigenvalue weighted by Gasteiger charge is 2.05. The SMILES string of the molecule is O=C(COCC(=O)Nc1ccccc1)NCCc1ccc(Cl)cc1. The predicted octanol–water partition coefficient (Wildman–Crippen LogP) is 2.65. The lowest BCUT2D eigenvalue weighted by Gasteiger charge is -2.07. The first-order chi connectivity index (χ1) is 11.6. The fourth-order valence-corrected chi connectivity index (χ4v) is 2.13. The third-order valence-electron chi connectivity index (χ3n) is 3.17. The standard InChI is InChI=1S/C18H19ClN2O3/c19-15-8-6-14(7-9-15)10-11-20-17(22)12-24-13-18(23)21-16-4-2-1-3-5-16/h1-9H,10-13H2,(H,20,22)(H,21,23). The molecule has 0 spiro atoms. The van der Waals surface area contributed by atoms with Crippen molar-refractivity contribution in [2.24, 2.45) is 0 Å². The van der Waals surface area contributed by atoms with Crippen molar-refractivity contribution in [3.8, 4) is 0 Å².